The van der Waals surface area contributed by atoms with E-state index in [1.54, 1.807) is 19.4 Å². The number of hydrogen-bond donors (Lipinski definition) is 1. The second-order valence-corrected chi connectivity index (χ2v) is 6.69. The van der Waals surface area contributed by atoms with Gasteiger partial charge in [-0.15, -0.1) is 0 Å². The van der Waals surface area contributed by atoms with Crippen LogP contribution in [0.2, 0.25) is 0 Å². The highest BCUT2D eigenvalue weighted by atomic mass is 16.5. The molecule has 3 heterocycles. The zero-order valence-corrected chi connectivity index (χ0v) is 15.4. The highest BCUT2D eigenvalue weighted by Gasteiger charge is 2.26. The third kappa shape index (κ3) is 3.72. The molecule has 1 fully saturated rings. The van der Waals surface area contributed by atoms with E-state index in [1.807, 2.05) is 36.1 Å². The fraction of sp³-hybridized carbons (Fsp3) is 0.350. The van der Waals surface area contributed by atoms with E-state index in [1.165, 1.54) is 0 Å². The SMILES string of the molecule is COc1ccc2cc(C(=O)N3CCC(Oc4ccnc(C)n4)CC3)[nH]c2c1. The second kappa shape index (κ2) is 7.26. The van der Waals surface area contributed by atoms with Gasteiger partial charge in [-0.3, -0.25) is 4.79 Å². The van der Waals surface area contributed by atoms with Gasteiger partial charge in [0.2, 0.25) is 5.88 Å². The maximum atomic E-state index is 12.8. The lowest BCUT2D eigenvalue weighted by atomic mass is 10.1. The van der Waals surface area contributed by atoms with Gasteiger partial charge in [-0.05, 0) is 25.1 Å². The molecule has 27 heavy (non-hydrogen) atoms. The van der Waals surface area contributed by atoms with E-state index < -0.39 is 0 Å². The number of amides is 1. The minimum Gasteiger partial charge on any atom is -0.497 e. The number of ether oxygens (including phenoxy) is 2. The predicted octanol–water partition coefficient (Wildman–Crippen LogP) is 2.96. The molecule has 1 saturated heterocycles. The Balaban J connectivity index is 1.39. The quantitative estimate of drug-likeness (QED) is 0.768. The average Bonchev–Trinajstić information content (AvgIpc) is 3.11. The lowest BCUT2D eigenvalue weighted by Crippen LogP contribution is -2.42. The zero-order chi connectivity index (χ0) is 18.8. The van der Waals surface area contributed by atoms with Crippen molar-refractivity contribution < 1.29 is 14.3 Å². The molecule has 0 unspecified atom stereocenters. The molecule has 0 saturated carbocycles. The van der Waals surface area contributed by atoms with E-state index >= 15 is 0 Å². The summed E-state index contributed by atoms with van der Waals surface area (Å²) in [6.45, 7) is 3.16. The summed E-state index contributed by atoms with van der Waals surface area (Å²) in [4.78, 5) is 26.3. The normalized spacial score (nSPS) is 15.1. The number of aromatic nitrogens is 3. The summed E-state index contributed by atoms with van der Waals surface area (Å²) >= 11 is 0. The topological polar surface area (TPSA) is 80.3 Å². The largest absolute Gasteiger partial charge is 0.497 e. The lowest BCUT2D eigenvalue weighted by Gasteiger charge is -2.31. The number of fused-ring (bicyclic) bond motifs is 1. The van der Waals surface area contributed by atoms with Crippen LogP contribution in [0.5, 0.6) is 11.6 Å². The van der Waals surface area contributed by atoms with Crippen LogP contribution in [0.1, 0.15) is 29.2 Å². The van der Waals surface area contributed by atoms with E-state index in [9.17, 15) is 4.79 Å². The van der Waals surface area contributed by atoms with Crippen molar-refractivity contribution in [3.8, 4) is 11.6 Å². The molecule has 7 nitrogen and oxygen atoms in total. The van der Waals surface area contributed by atoms with Crippen LogP contribution in [-0.4, -0.2) is 52.1 Å². The standard InChI is InChI=1S/C20H22N4O3/c1-13-21-8-5-19(22-13)27-15-6-9-24(10-7-15)20(25)18-11-14-3-4-16(26-2)12-17(14)23-18/h3-5,8,11-12,15,23H,6-7,9-10H2,1-2H3. The van der Waals surface area contributed by atoms with E-state index in [2.05, 4.69) is 15.0 Å². The van der Waals surface area contributed by atoms with Gasteiger partial charge in [0.25, 0.3) is 5.91 Å². The number of nitrogens with one attached hydrogen (secondary N) is 1. The lowest BCUT2D eigenvalue weighted by molar-refractivity contribution is 0.0583. The molecule has 140 valence electrons. The van der Waals surface area contributed by atoms with Crippen LogP contribution < -0.4 is 9.47 Å². The number of aryl methyl sites for hydroxylation is 1. The van der Waals surface area contributed by atoms with Crippen molar-refractivity contribution in [3.63, 3.8) is 0 Å². The van der Waals surface area contributed by atoms with Gasteiger partial charge in [0.1, 0.15) is 23.4 Å². The number of likely N-dealkylation sites (tertiary alicyclic amines) is 1. The maximum Gasteiger partial charge on any atom is 0.270 e. The Morgan fingerprint density at radius 3 is 2.78 bits per heavy atom. The fourth-order valence-electron chi connectivity index (χ4n) is 3.37. The van der Waals surface area contributed by atoms with Crippen LogP contribution in [0.15, 0.2) is 36.5 Å². The van der Waals surface area contributed by atoms with Crippen LogP contribution in [0.4, 0.5) is 0 Å². The number of H-pyrrole nitrogens is 1. The number of carbonyl (C=O) groups is 1. The summed E-state index contributed by atoms with van der Waals surface area (Å²) in [6.07, 6.45) is 3.32. The summed E-state index contributed by atoms with van der Waals surface area (Å²) in [7, 11) is 1.63. The molecule has 0 radical (unpaired) electrons. The van der Waals surface area contributed by atoms with Gasteiger partial charge in [-0.1, -0.05) is 0 Å². The molecular weight excluding hydrogens is 344 g/mol. The number of methoxy groups -OCH3 is 1. The Labute approximate surface area is 157 Å². The number of piperidine rings is 1. The first-order chi connectivity index (χ1) is 13.1. The molecule has 0 spiro atoms. The van der Waals surface area contributed by atoms with Crippen molar-refractivity contribution in [3.05, 3.63) is 48.0 Å². The first kappa shape index (κ1) is 17.3. The molecule has 0 aliphatic carbocycles. The molecule has 1 aliphatic heterocycles. The van der Waals surface area contributed by atoms with Gasteiger partial charge in [0.05, 0.1) is 7.11 Å². The summed E-state index contributed by atoms with van der Waals surface area (Å²) < 4.78 is 11.2. The Morgan fingerprint density at radius 2 is 2.04 bits per heavy atom. The highest BCUT2D eigenvalue weighted by Crippen LogP contribution is 2.23. The van der Waals surface area contributed by atoms with Crippen molar-refractivity contribution in [1.82, 2.24) is 19.9 Å². The molecule has 1 N–H and O–H groups in total. The van der Waals surface area contributed by atoms with Crippen LogP contribution in [0.3, 0.4) is 0 Å². The smallest absolute Gasteiger partial charge is 0.270 e. The summed E-state index contributed by atoms with van der Waals surface area (Å²) in [5.41, 5.74) is 1.50. The maximum absolute atomic E-state index is 12.8. The van der Waals surface area contributed by atoms with Crippen molar-refractivity contribution in [2.45, 2.75) is 25.9 Å². The Kier molecular flexibility index (Phi) is 4.66. The van der Waals surface area contributed by atoms with Gasteiger partial charge < -0.3 is 19.4 Å². The van der Waals surface area contributed by atoms with Crippen molar-refractivity contribution in [2.24, 2.45) is 0 Å². The van der Waals surface area contributed by atoms with Gasteiger partial charge in [-0.25, -0.2) is 4.98 Å². The number of hydrogen-bond acceptors (Lipinski definition) is 5. The third-order valence-electron chi connectivity index (χ3n) is 4.83. The summed E-state index contributed by atoms with van der Waals surface area (Å²) in [5, 5.41) is 0.997. The van der Waals surface area contributed by atoms with E-state index in [0.29, 0.717) is 30.5 Å². The molecule has 1 aromatic carbocycles. The van der Waals surface area contributed by atoms with Crippen molar-refractivity contribution in [2.75, 3.05) is 20.2 Å². The van der Waals surface area contributed by atoms with E-state index in [-0.39, 0.29) is 12.0 Å². The van der Waals surface area contributed by atoms with Gasteiger partial charge in [0, 0.05) is 55.2 Å². The number of rotatable bonds is 4. The van der Waals surface area contributed by atoms with Gasteiger partial charge in [-0.2, -0.15) is 4.98 Å². The minimum atomic E-state index is 0.0153. The molecule has 0 bridgehead atoms. The van der Waals surface area contributed by atoms with E-state index in [0.717, 1.165) is 29.5 Å². The number of benzene rings is 1. The Hall–Kier alpha value is -3.09. The molecule has 0 atom stereocenters. The molecule has 7 heteroatoms. The summed E-state index contributed by atoms with van der Waals surface area (Å²) in [5.74, 6) is 2.06. The highest BCUT2D eigenvalue weighted by molar-refractivity contribution is 5.98. The average molecular weight is 366 g/mol. The number of nitrogens with zero attached hydrogens (tertiary/aromatic N) is 3. The van der Waals surface area contributed by atoms with Gasteiger partial charge >= 0.3 is 0 Å². The summed E-state index contributed by atoms with van der Waals surface area (Å²) in [6, 6.07) is 9.40. The molecule has 3 aromatic rings. The van der Waals surface area contributed by atoms with Crippen molar-refractivity contribution in [1.29, 1.82) is 0 Å². The van der Waals surface area contributed by atoms with Crippen LogP contribution in [0, 0.1) is 6.92 Å². The molecular formula is C20H22N4O3. The molecule has 1 amide bonds. The third-order valence-corrected chi connectivity index (χ3v) is 4.83. The first-order valence-corrected chi connectivity index (χ1v) is 9.05. The fourth-order valence-corrected chi connectivity index (χ4v) is 3.37. The van der Waals surface area contributed by atoms with Crippen LogP contribution in [-0.2, 0) is 0 Å². The monoisotopic (exact) mass is 366 g/mol. The molecule has 4 rings (SSSR count). The van der Waals surface area contributed by atoms with Crippen molar-refractivity contribution >= 4 is 16.8 Å². The minimum absolute atomic E-state index is 0.0153. The predicted molar refractivity (Wildman–Crippen MR) is 101 cm³/mol. The van der Waals surface area contributed by atoms with Gasteiger partial charge in [0.15, 0.2) is 0 Å². The number of carbonyl (C=O) groups excluding carboxylic acids is 1. The Bertz CT molecular complexity index is 961. The molecule has 1 aliphatic rings. The second-order valence-electron chi connectivity index (χ2n) is 6.69. The zero-order valence-electron chi connectivity index (χ0n) is 15.4. The van der Waals surface area contributed by atoms with Crippen LogP contribution >= 0.6 is 0 Å². The van der Waals surface area contributed by atoms with E-state index in [4.69, 9.17) is 9.47 Å². The van der Waals surface area contributed by atoms with Crippen LogP contribution in [0.25, 0.3) is 10.9 Å². The number of aromatic amines is 1. The first-order valence-electron chi connectivity index (χ1n) is 9.05. The molecule has 2 aromatic heterocycles. The Morgan fingerprint density at radius 1 is 1.22 bits per heavy atom.